The number of urea groups is 1. The van der Waals surface area contributed by atoms with E-state index < -0.39 is 18.0 Å². The summed E-state index contributed by atoms with van der Waals surface area (Å²) in [4.78, 5) is 33.8. The van der Waals surface area contributed by atoms with Crippen LogP contribution in [0.25, 0.3) is 0 Å². The van der Waals surface area contributed by atoms with Crippen LogP contribution in [0.4, 0.5) is 4.79 Å². The first-order chi connectivity index (χ1) is 6.56. The fourth-order valence-corrected chi connectivity index (χ4v) is 1.22. The molecule has 78 valence electrons. The van der Waals surface area contributed by atoms with Crippen molar-refractivity contribution < 1.29 is 19.5 Å². The molecule has 0 radical (unpaired) electrons. The van der Waals surface area contributed by atoms with Gasteiger partial charge in [0.05, 0.1) is 0 Å². The van der Waals surface area contributed by atoms with Crippen LogP contribution in [-0.4, -0.2) is 54.1 Å². The van der Waals surface area contributed by atoms with Gasteiger partial charge in [0.25, 0.3) is 0 Å². The molecular weight excluding hydrogens is 190 g/mol. The Morgan fingerprint density at radius 2 is 2.29 bits per heavy atom. The fourth-order valence-electron chi connectivity index (χ4n) is 1.22. The van der Waals surface area contributed by atoms with Crippen LogP contribution in [0.1, 0.15) is 0 Å². The van der Waals surface area contributed by atoms with Crippen LogP contribution in [0.2, 0.25) is 0 Å². The standard InChI is InChI=1S/C7H11N3O4/c1-8-7(14)10-3-5(11)9-2-4(10)6(12)13/h4H,2-3H2,1H3,(H,8,14)(H,9,11)(H,12,13). The Morgan fingerprint density at radius 1 is 1.64 bits per heavy atom. The summed E-state index contributed by atoms with van der Waals surface area (Å²) in [6.45, 7) is -0.280. The average molecular weight is 201 g/mol. The van der Waals surface area contributed by atoms with E-state index >= 15 is 0 Å². The van der Waals surface area contributed by atoms with Crippen molar-refractivity contribution in [3.8, 4) is 0 Å². The largest absolute Gasteiger partial charge is 0.480 e. The summed E-state index contributed by atoms with van der Waals surface area (Å²) in [6.07, 6.45) is 0. The zero-order valence-corrected chi connectivity index (χ0v) is 7.61. The van der Waals surface area contributed by atoms with Crippen LogP contribution in [-0.2, 0) is 9.59 Å². The van der Waals surface area contributed by atoms with Crippen molar-refractivity contribution in [1.29, 1.82) is 0 Å². The van der Waals surface area contributed by atoms with E-state index in [9.17, 15) is 14.4 Å². The maximum Gasteiger partial charge on any atom is 0.328 e. The van der Waals surface area contributed by atoms with Gasteiger partial charge in [0, 0.05) is 13.6 Å². The highest BCUT2D eigenvalue weighted by Gasteiger charge is 2.34. The molecule has 0 spiro atoms. The Kier molecular flexibility index (Phi) is 2.90. The van der Waals surface area contributed by atoms with E-state index in [1.54, 1.807) is 0 Å². The molecule has 1 aliphatic rings. The van der Waals surface area contributed by atoms with E-state index in [2.05, 4.69) is 10.6 Å². The number of carboxylic acid groups (broad SMARTS) is 1. The van der Waals surface area contributed by atoms with E-state index in [0.717, 1.165) is 4.90 Å². The van der Waals surface area contributed by atoms with E-state index in [1.165, 1.54) is 7.05 Å². The predicted octanol–water partition coefficient (Wildman–Crippen LogP) is -1.79. The lowest BCUT2D eigenvalue weighted by molar-refractivity contribution is -0.144. The minimum atomic E-state index is -1.13. The Balaban J connectivity index is 2.78. The first-order valence-corrected chi connectivity index (χ1v) is 4.04. The zero-order valence-electron chi connectivity index (χ0n) is 7.61. The fraction of sp³-hybridized carbons (Fsp3) is 0.571. The van der Waals surface area contributed by atoms with Gasteiger partial charge < -0.3 is 15.7 Å². The Bertz CT molecular complexity index is 278. The Labute approximate surface area is 80.1 Å². The van der Waals surface area contributed by atoms with Gasteiger partial charge >= 0.3 is 12.0 Å². The third kappa shape index (κ3) is 1.93. The van der Waals surface area contributed by atoms with Gasteiger partial charge in [-0.2, -0.15) is 0 Å². The van der Waals surface area contributed by atoms with Gasteiger partial charge in [0.1, 0.15) is 12.6 Å². The molecule has 1 heterocycles. The van der Waals surface area contributed by atoms with E-state index in [0.29, 0.717) is 0 Å². The number of rotatable bonds is 1. The van der Waals surface area contributed by atoms with Crippen LogP contribution < -0.4 is 10.6 Å². The van der Waals surface area contributed by atoms with Gasteiger partial charge in [-0.1, -0.05) is 0 Å². The molecule has 1 fully saturated rings. The molecule has 1 saturated heterocycles. The van der Waals surface area contributed by atoms with E-state index in [-0.39, 0.29) is 19.0 Å². The molecule has 1 unspecified atom stereocenters. The number of aliphatic carboxylic acids is 1. The number of nitrogens with one attached hydrogen (secondary N) is 2. The number of hydrogen-bond donors (Lipinski definition) is 3. The monoisotopic (exact) mass is 201 g/mol. The molecule has 7 nitrogen and oxygen atoms in total. The summed E-state index contributed by atoms with van der Waals surface area (Å²) in [5.74, 6) is -1.49. The van der Waals surface area contributed by atoms with Gasteiger partial charge in [-0.15, -0.1) is 0 Å². The number of hydrogen-bond acceptors (Lipinski definition) is 3. The molecule has 7 heteroatoms. The highest BCUT2D eigenvalue weighted by Crippen LogP contribution is 2.04. The second kappa shape index (κ2) is 3.95. The third-order valence-electron chi connectivity index (χ3n) is 1.94. The van der Waals surface area contributed by atoms with Crippen molar-refractivity contribution in [2.24, 2.45) is 0 Å². The van der Waals surface area contributed by atoms with Crippen LogP contribution in [0.15, 0.2) is 0 Å². The lowest BCUT2D eigenvalue weighted by Gasteiger charge is -2.32. The summed E-state index contributed by atoms with van der Waals surface area (Å²) in [5, 5.41) is 13.4. The smallest absolute Gasteiger partial charge is 0.328 e. The van der Waals surface area contributed by atoms with Crippen molar-refractivity contribution in [2.45, 2.75) is 6.04 Å². The molecule has 0 aliphatic carbocycles. The van der Waals surface area contributed by atoms with Crippen LogP contribution in [0.5, 0.6) is 0 Å². The first kappa shape index (κ1) is 10.3. The quantitative estimate of drug-likeness (QED) is 0.466. The second-order valence-corrected chi connectivity index (χ2v) is 2.84. The van der Waals surface area contributed by atoms with Crippen molar-refractivity contribution >= 4 is 17.9 Å². The molecule has 0 aromatic rings. The highest BCUT2D eigenvalue weighted by atomic mass is 16.4. The average Bonchev–Trinajstić information content (AvgIpc) is 2.16. The molecule has 0 aromatic carbocycles. The first-order valence-electron chi connectivity index (χ1n) is 4.04. The molecule has 0 aromatic heterocycles. The maximum atomic E-state index is 11.2. The van der Waals surface area contributed by atoms with E-state index in [1.807, 2.05) is 0 Å². The minimum Gasteiger partial charge on any atom is -0.480 e. The Morgan fingerprint density at radius 3 is 2.79 bits per heavy atom. The number of carbonyl (C=O) groups is 3. The van der Waals surface area contributed by atoms with Gasteiger partial charge in [-0.3, -0.25) is 9.69 Å². The van der Waals surface area contributed by atoms with Crippen molar-refractivity contribution in [3.05, 3.63) is 0 Å². The number of carbonyl (C=O) groups excluding carboxylic acids is 2. The normalized spacial score (nSPS) is 21.4. The summed E-state index contributed by atoms with van der Waals surface area (Å²) in [7, 11) is 1.38. The lowest BCUT2D eigenvalue weighted by atomic mass is 10.2. The molecule has 0 bridgehead atoms. The van der Waals surface area contributed by atoms with Crippen LogP contribution in [0.3, 0.4) is 0 Å². The minimum absolute atomic E-state index is 0.0540. The topological polar surface area (TPSA) is 98.7 Å². The highest BCUT2D eigenvalue weighted by molar-refractivity contribution is 5.90. The van der Waals surface area contributed by atoms with Crippen LogP contribution in [0, 0.1) is 0 Å². The van der Waals surface area contributed by atoms with Gasteiger partial charge in [0.15, 0.2) is 0 Å². The summed E-state index contributed by atoms with van der Waals surface area (Å²) < 4.78 is 0. The van der Waals surface area contributed by atoms with Crippen molar-refractivity contribution in [1.82, 2.24) is 15.5 Å². The molecule has 14 heavy (non-hydrogen) atoms. The van der Waals surface area contributed by atoms with Crippen molar-refractivity contribution in [2.75, 3.05) is 20.1 Å². The second-order valence-electron chi connectivity index (χ2n) is 2.84. The predicted molar refractivity (Wildman–Crippen MR) is 45.6 cm³/mol. The number of carboxylic acids is 1. The number of amides is 3. The van der Waals surface area contributed by atoms with Gasteiger partial charge in [-0.25, -0.2) is 9.59 Å². The number of piperazine rings is 1. The number of nitrogens with zero attached hydrogens (tertiary/aromatic N) is 1. The summed E-state index contributed by atoms with van der Waals surface area (Å²) in [6, 6.07) is -1.56. The zero-order chi connectivity index (χ0) is 10.7. The SMILES string of the molecule is CNC(=O)N1CC(=O)NCC1C(=O)O. The summed E-state index contributed by atoms with van der Waals surface area (Å²) >= 11 is 0. The molecule has 1 atom stereocenters. The lowest BCUT2D eigenvalue weighted by Crippen LogP contribution is -2.60. The van der Waals surface area contributed by atoms with Gasteiger partial charge in [0.2, 0.25) is 5.91 Å². The van der Waals surface area contributed by atoms with Gasteiger partial charge in [-0.05, 0) is 0 Å². The molecule has 3 amide bonds. The maximum absolute atomic E-state index is 11.2. The Hall–Kier alpha value is -1.79. The molecule has 1 aliphatic heterocycles. The molecular formula is C7H11N3O4. The molecule has 1 rings (SSSR count). The van der Waals surface area contributed by atoms with E-state index in [4.69, 9.17) is 5.11 Å². The molecule has 0 saturated carbocycles. The third-order valence-corrected chi connectivity index (χ3v) is 1.94. The van der Waals surface area contributed by atoms with Crippen LogP contribution >= 0.6 is 0 Å². The van der Waals surface area contributed by atoms with Crippen molar-refractivity contribution in [3.63, 3.8) is 0 Å². The summed E-state index contributed by atoms with van der Waals surface area (Å²) in [5.41, 5.74) is 0. The molecule has 3 N–H and O–H groups in total.